The minimum Gasteiger partial charge on any atom is -0.275 e. The molecule has 0 saturated heterocycles. The molecule has 0 N–H and O–H groups in total. The first-order valence-electron chi connectivity index (χ1n) is 8.65. The summed E-state index contributed by atoms with van der Waals surface area (Å²) in [6.07, 6.45) is -2.08. The molecule has 1 nitrogen and oxygen atoms in total. The van der Waals surface area contributed by atoms with Gasteiger partial charge in [0.15, 0.2) is 0 Å². The number of benzene rings is 1. The van der Waals surface area contributed by atoms with Crippen LogP contribution in [0.25, 0.3) is 0 Å². The summed E-state index contributed by atoms with van der Waals surface area (Å²) in [4.78, 5) is 5.83. The van der Waals surface area contributed by atoms with Crippen LogP contribution >= 0.6 is 11.3 Å². The fourth-order valence-electron chi connectivity index (χ4n) is 4.67. The van der Waals surface area contributed by atoms with Crippen molar-refractivity contribution in [2.24, 2.45) is 4.99 Å². The van der Waals surface area contributed by atoms with Crippen LogP contribution < -0.4 is 0 Å². The topological polar surface area (TPSA) is 12.4 Å². The Hall–Kier alpha value is -1.62. The third-order valence-corrected chi connectivity index (χ3v) is 6.77. The monoisotopic (exact) mass is 363 g/mol. The molecule has 1 fully saturated rings. The van der Waals surface area contributed by atoms with Crippen molar-refractivity contribution in [3.8, 4) is 0 Å². The van der Waals surface area contributed by atoms with Crippen LogP contribution in [0, 0.1) is 0 Å². The quantitative estimate of drug-likeness (QED) is 0.609. The lowest BCUT2D eigenvalue weighted by Crippen LogP contribution is -2.56. The van der Waals surface area contributed by atoms with Crippen molar-refractivity contribution in [2.45, 2.75) is 56.2 Å². The van der Waals surface area contributed by atoms with Crippen LogP contribution in [-0.2, 0) is 5.41 Å². The molecule has 1 aliphatic carbocycles. The number of aliphatic imine (C=N–C) groups is 1. The number of hydrogen-bond acceptors (Lipinski definition) is 2. The molecule has 132 valence electrons. The number of halogens is 3. The number of fused-ring (bicyclic) bond motifs is 3. The molecule has 1 aliphatic heterocycles. The smallest absolute Gasteiger partial charge is 0.275 e. The lowest BCUT2D eigenvalue weighted by Gasteiger charge is -2.53. The van der Waals surface area contributed by atoms with E-state index < -0.39 is 23.6 Å². The van der Waals surface area contributed by atoms with E-state index in [-0.39, 0.29) is 0 Å². The number of rotatable bonds is 2. The summed E-state index contributed by atoms with van der Waals surface area (Å²) in [7, 11) is 0. The highest BCUT2D eigenvalue weighted by Crippen LogP contribution is 2.56. The van der Waals surface area contributed by atoms with E-state index in [0.29, 0.717) is 6.42 Å². The second-order valence-electron chi connectivity index (χ2n) is 7.35. The molecule has 2 aromatic rings. The van der Waals surface area contributed by atoms with Gasteiger partial charge in [0.1, 0.15) is 0 Å². The molecular formula is C20H20F3NS. The van der Waals surface area contributed by atoms with Crippen LogP contribution in [0.15, 0.2) is 46.8 Å². The van der Waals surface area contributed by atoms with E-state index in [1.807, 2.05) is 48.7 Å². The highest BCUT2D eigenvalue weighted by atomic mass is 32.1. The summed E-state index contributed by atoms with van der Waals surface area (Å²) in [5, 5.41) is 1.95. The van der Waals surface area contributed by atoms with Crippen molar-refractivity contribution >= 4 is 17.0 Å². The van der Waals surface area contributed by atoms with Crippen LogP contribution in [0.5, 0.6) is 0 Å². The maximum atomic E-state index is 13.6. The Labute approximate surface area is 149 Å². The number of alkyl halides is 3. The van der Waals surface area contributed by atoms with Gasteiger partial charge in [-0.15, -0.1) is 11.3 Å². The first-order valence-corrected chi connectivity index (χ1v) is 9.53. The lowest BCUT2D eigenvalue weighted by molar-refractivity contribution is -0.156. The molecule has 2 atom stereocenters. The van der Waals surface area contributed by atoms with Crippen LogP contribution in [0.2, 0.25) is 0 Å². The highest BCUT2D eigenvalue weighted by Gasteiger charge is 2.58. The molecule has 0 unspecified atom stereocenters. The van der Waals surface area contributed by atoms with Gasteiger partial charge in [-0.3, -0.25) is 4.99 Å². The lowest BCUT2D eigenvalue weighted by atomic mass is 9.55. The molecule has 1 aromatic heterocycles. The van der Waals surface area contributed by atoms with Gasteiger partial charge in [-0.2, -0.15) is 13.2 Å². The van der Waals surface area contributed by atoms with E-state index in [2.05, 4.69) is 0 Å². The highest BCUT2D eigenvalue weighted by molar-refractivity contribution is 7.12. The summed E-state index contributed by atoms with van der Waals surface area (Å²) in [6.45, 7) is 1.99. The van der Waals surface area contributed by atoms with Crippen LogP contribution in [0.4, 0.5) is 13.2 Å². The SMILES string of the molecule is C[C@@]12CCCC[C@]1(CC(F)(F)F)N=C(c1cccs1)c1ccccc12. The van der Waals surface area contributed by atoms with Gasteiger partial charge >= 0.3 is 6.18 Å². The van der Waals surface area contributed by atoms with Gasteiger partial charge < -0.3 is 0 Å². The molecule has 2 heterocycles. The standard InChI is InChI=1S/C20H20F3NS/c1-18-10-4-5-11-19(18,13-20(21,22)23)24-17(16-9-6-12-25-16)14-7-2-3-8-15(14)18/h2-3,6-9,12H,4-5,10-11,13H2,1H3/t18-,19+/m0/s1. The Bertz CT molecular complexity index is 809. The molecule has 0 amide bonds. The van der Waals surface area contributed by atoms with Gasteiger partial charge in [-0.05, 0) is 29.9 Å². The first kappa shape index (κ1) is 16.8. The average molecular weight is 363 g/mol. The Kier molecular flexibility index (Phi) is 3.83. The van der Waals surface area contributed by atoms with Crippen LogP contribution in [0.3, 0.4) is 0 Å². The fraction of sp³-hybridized carbons (Fsp3) is 0.450. The third-order valence-electron chi connectivity index (χ3n) is 5.89. The molecule has 1 saturated carbocycles. The molecule has 0 spiro atoms. The zero-order valence-corrected chi connectivity index (χ0v) is 14.9. The molecule has 0 bridgehead atoms. The largest absolute Gasteiger partial charge is 0.391 e. The number of thiophene rings is 1. The maximum Gasteiger partial charge on any atom is 0.391 e. The minimum absolute atomic E-state index is 0.492. The van der Waals surface area contributed by atoms with E-state index >= 15 is 0 Å². The van der Waals surface area contributed by atoms with Crippen molar-refractivity contribution in [3.05, 3.63) is 57.8 Å². The van der Waals surface area contributed by atoms with Gasteiger partial charge in [0.2, 0.25) is 0 Å². The second kappa shape index (κ2) is 5.70. The zero-order valence-electron chi connectivity index (χ0n) is 14.1. The first-order chi connectivity index (χ1) is 11.8. The Morgan fingerprint density at radius 3 is 2.56 bits per heavy atom. The van der Waals surface area contributed by atoms with E-state index in [0.717, 1.165) is 41.0 Å². The molecule has 4 rings (SSSR count). The molecular weight excluding hydrogens is 343 g/mol. The maximum absolute atomic E-state index is 13.6. The van der Waals surface area contributed by atoms with Gasteiger partial charge in [-0.25, -0.2) is 0 Å². The Balaban J connectivity index is 1.98. The number of hydrogen-bond donors (Lipinski definition) is 0. The van der Waals surface area contributed by atoms with Crippen molar-refractivity contribution in [1.82, 2.24) is 0 Å². The van der Waals surface area contributed by atoms with Crippen molar-refractivity contribution < 1.29 is 13.2 Å². The van der Waals surface area contributed by atoms with Gasteiger partial charge in [0, 0.05) is 11.0 Å². The van der Waals surface area contributed by atoms with Gasteiger partial charge in [0.25, 0.3) is 0 Å². The molecule has 1 aromatic carbocycles. The summed E-state index contributed by atoms with van der Waals surface area (Å²) < 4.78 is 40.7. The van der Waals surface area contributed by atoms with Gasteiger partial charge in [0.05, 0.1) is 22.5 Å². The van der Waals surface area contributed by atoms with E-state index in [1.165, 1.54) is 11.3 Å². The molecule has 0 radical (unpaired) electrons. The van der Waals surface area contributed by atoms with Crippen molar-refractivity contribution in [3.63, 3.8) is 0 Å². The summed E-state index contributed by atoms with van der Waals surface area (Å²) in [5.74, 6) is 0. The zero-order chi connectivity index (χ0) is 17.7. The van der Waals surface area contributed by atoms with Gasteiger partial charge in [-0.1, -0.05) is 50.1 Å². The van der Waals surface area contributed by atoms with Crippen molar-refractivity contribution in [2.75, 3.05) is 0 Å². The van der Waals surface area contributed by atoms with E-state index in [4.69, 9.17) is 4.99 Å². The Morgan fingerprint density at radius 1 is 1.08 bits per heavy atom. The summed E-state index contributed by atoms with van der Waals surface area (Å²) >= 11 is 1.54. The normalized spacial score (nSPS) is 28.9. The molecule has 5 heteroatoms. The second-order valence-corrected chi connectivity index (χ2v) is 8.29. The minimum atomic E-state index is -4.23. The predicted octanol–water partition coefficient (Wildman–Crippen LogP) is 6.12. The molecule has 2 aliphatic rings. The third kappa shape index (κ3) is 2.64. The van der Waals surface area contributed by atoms with E-state index in [1.54, 1.807) is 0 Å². The fourth-order valence-corrected chi connectivity index (χ4v) is 5.40. The van der Waals surface area contributed by atoms with Crippen LogP contribution in [-0.4, -0.2) is 17.4 Å². The summed E-state index contributed by atoms with van der Waals surface area (Å²) in [5.41, 5.74) is 1.08. The van der Waals surface area contributed by atoms with E-state index in [9.17, 15) is 13.2 Å². The van der Waals surface area contributed by atoms with Crippen LogP contribution in [0.1, 0.15) is 55.0 Å². The predicted molar refractivity (Wildman–Crippen MR) is 95.6 cm³/mol. The number of nitrogens with zero attached hydrogens (tertiary/aromatic N) is 1. The average Bonchev–Trinajstić information content (AvgIpc) is 3.08. The van der Waals surface area contributed by atoms with Crippen molar-refractivity contribution in [1.29, 1.82) is 0 Å². The summed E-state index contributed by atoms with van der Waals surface area (Å²) in [6, 6.07) is 11.8. The Morgan fingerprint density at radius 2 is 1.84 bits per heavy atom. The molecule has 25 heavy (non-hydrogen) atoms.